The molecule has 1 aromatic heterocycles. The Balaban J connectivity index is 2.20. The Morgan fingerprint density at radius 1 is 1.39 bits per heavy atom. The highest BCUT2D eigenvalue weighted by molar-refractivity contribution is 5.62. The maximum Gasteiger partial charge on any atom is 0.131 e. The lowest BCUT2D eigenvalue weighted by atomic mass is 10.1. The summed E-state index contributed by atoms with van der Waals surface area (Å²) < 4.78 is 15.7. The SMILES string of the molecule is CC(C)NCc1ccc(-c2cnn(C)c2)c(F)c1. The molecule has 0 saturated heterocycles. The van der Waals surface area contributed by atoms with E-state index in [1.165, 1.54) is 0 Å². The number of aromatic nitrogens is 2. The molecule has 3 nitrogen and oxygen atoms in total. The van der Waals surface area contributed by atoms with E-state index >= 15 is 0 Å². The Labute approximate surface area is 107 Å². The highest BCUT2D eigenvalue weighted by atomic mass is 19.1. The molecule has 0 unspecified atom stereocenters. The molecule has 2 aromatic rings. The van der Waals surface area contributed by atoms with Crippen molar-refractivity contribution >= 4 is 0 Å². The number of aryl methyl sites for hydroxylation is 1. The predicted molar refractivity (Wildman–Crippen MR) is 70.6 cm³/mol. The van der Waals surface area contributed by atoms with Crippen LogP contribution in [0.15, 0.2) is 30.6 Å². The summed E-state index contributed by atoms with van der Waals surface area (Å²) in [6.07, 6.45) is 3.48. The first kappa shape index (κ1) is 12.8. The fourth-order valence-electron chi connectivity index (χ4n) is 1.78. The van der Waals surface area contributed by atoms with Crippen LogP contribution in [0.5, 0.6) is 0 Å². The minimum Gasteiger partial charge on any atom is -0.310 e. The fraction of sp³-hybridized carbons (Fsp3) is 0.357. The summed E-state index contributed by atoms with van der Waals surface area (Å²) in [4.78, 5) is 0. The van der Waals surface area contributed by atoms with E-state index in [-0.39, 0.29) is 5.82 Å². The normalized spacial score (nSPS) is 11.2. The molecule has 0 atom stereocenters. The standard InChI is InChI=1S/C14H18FN3/c1-10(2)16-7-11-4-5-13(14(15)6-11)12-8-17-18(3)9-12/h4-6,8-10,16H,7H2,1-3H3. The lowest BCUT2D eigenvalue weighted by molar-refractivity contribution is 0.582. The van der Waals surface area contributed by atoms with Crippen LogP contribution in [0.4, 0.5) is 4.39 Å². The first-order chi connectivity index (χ1) is 8.56. The van der Waals surface area contributed by atoms with Gasteiger partial charge in [-0.15, -0.1) is 0 Å². The molecule has 2 rings (SSSR count). The van der Waals surface area contributed by atoms with Crippen LogP contribution in [0.1, 0.15) is 19.4 Å². The van der Waals surface area contributed by atoms with Gasteiger partial charge in [0.05, 0.1) is 6.20 Å². The van der Waals surface area contributed by atoms with E-state index in [0.29, 0.717) is 18.2 Å². The summed E-state index contributed by atoms with van der Waals surface area (Å²) in [6, 6.07) is 5.73. The molecule has 0 aliphatic heterocycles. The van der Waals surface area contributed by atoms with E-state index in [1.807, 2.05) is 25.4 Å². The second kappa shape index (κ2) is 5.31. The molecule has 0 aliphatic rings. The highest BCUT2D eigenvalue weighted by Crippen LogP contribution is 2.22. The van der Waals surface area contributed by atoms with Crippen molar-refractivity contribution in [2.45, 2.75) is 26.4 Å². The van der Waals surface area contributed by atoms with Gasteiger partial charge in [0.15, 0.2) is 0 Å². The van der Waals surface area contributed by atoms with Crippen LogP contribution >= 0.6 is 0 Å². The molecule has 96 valence electrons. The van der Waals surface area contributed by atoms with Gasteiger partial charge in [-0.3, -0.25) is 4.68 Å². The van der Waals surface area contributed by atoms with E-state index in [2.05, 4.69) is 24.3 Å². The van der Waals surface area contributed by atoms with Crippen molar-refractivity contribution < 1.29 is 4.39 Å². The van der Waals surface area contributed by atoms with Crippen molar-refractivity contribution in [1.82, 2.24) is 15.1 Å². The zero-order chi connectivity index (χ0) is 13.1. The van der Waals surface area contributed by atoms with Crippen molar-refractivity contribution in [1.29, 1.82) is 0 Å². The number of halogens is 1. The summed E-state index contributed by atoms with van der Waals surface area (Å²) in [7, 11) is 1.82. The average molecular weight is 247 g/mol. The molecule has 0 spiro atoms. The Bertz CT molecular complexity index is 532. The zero-order valence-electron chi connectivity index (χ0n) is 10.9. The topological polar surface area (TPSA) is 29.9 Å². The Morgan fingerprint density at radius 3 is 2.72 bits per heavy atom. The van der Waals surface area contributed by atoms with E-state index in [4.69, 9.17) is 0 Å². The van der Waals surface area contributed by atoms with Crippen LogP contribution in [-0.2, 0) is 13.6 Å². The van der Waals surface area contributed by atoms with Crippen molar-refractivity contribution in [3.8, 4) is 11.1 Å². The van der Waals surface area contributed by atoms with Crippen LogP contribution in [0, 0.1) is 5.82 Å². The molecular weight excluding hydrogens is 229 g/mol. The third-order valence-electron chi connectivity index (χ3n) is 2.76. The fourth-order valence-corrected chi connectivity index (χ4v) is 1.78. The van der Waals surface area contributed by atoms with E-state index in [0.717, 1.165) is 11.1 Å². The largest absolute Gasteiger partial charge is 0.310 e. The van der Waals surface area contributed by atoms with Crippen molar-refractivity contribution in [2.75, 3.05) is 0 Å². The number of nitrogens with zero attached hydrogens (tertiary/aromatic N) is 2. The van der Waals surface area contributed by atoms with Gasteiger partial charge in [0.2, 0.25) is 0 Å². The molecule has 1 heterocycles. The quantitative estimate of drug-likeness (QED) is 0.900. The van der Waals surface area contributed by atoms with Crippen LogP contribution < -0.4 is 5.32 Å². The maximum absolute atomic E-state index is 14.0. The summed E-state index contributed by atoms with van der Waals surface area (Å²) in [6.45, 7) is 4.82. The molecular formula is C14H18FN3. The van der Waals surface area contributed by atoms with E-state index < -0.39 is 0 Å². The molecule has 1 aromatic carbocycles. The van der Waals surface area contributed by atoms with Gasteiger partial charge in [-0.2, -0.15) is 5.10 Å². The third kappa shape index (κ3) is 2.96. The first-order valence-electron chi connectivity index (χ1n) is 6.07. The molecule has 0 radical (unpaired) electrons. The minimum atomic E-state index is -0.203. The van der Waals surface area contributed by atoms with Gasteiger partial charge in [-0.1, -0.05) is 26.0 Å². The number of benzene rings is 1. The van der Waals surface area contributed by atoms with Gasteiger partial charge in [0.1, 0.15) is 5.82 Å². The summed E-state index contributed by atoms with van der Waals surface area (Å²) in [5, 5.41) is 7.32. The number of rotatable bonds is 4. The van der Waals surface area contributed by atoms with Crippen molar-refractivity contribution in [2.24, 2.45) is 7.05 Å². The number of nitrogens with one attached hydrogen (secondary N) is 1. The van der Waals surface area contributed by atoms with Gasteiger partial charge in [-0.25, -0.2) is 4.39 Å². The average Bonchev–Trinajstić information content (AvgIpc) is 2.73. The smallest absolute Gasteiger partial charge is 0.131 e. The molecule has 0 amide bonds. The van der Waals surface area contributed by atoms with Crippen LogP contribution in [-0.4, -0.2) is 15.8 Å². The second-order valence-electron chi connectivity index (χ2n) is 4.75. The summed E-state index contributed by atoms with van der Waals surface area (Å²) in [5.41, 5.74) is 2.35. The van der Waals surface area contributed by atoms with Crippen molar-refractivity contribution in [3.05, 3.63) is 42.0 Å². The van der Waals surface area contributed by atoms with Crippen molar-refractivity contribution in [3.63, 3.8) is 0 Å². The number of hydrogen-bond donors (Lipinski definition) is 1. The van der Waals surface area contributed by atoms with Gasteiger partial charge >= 0.3 is 0 Å². The van der Waals surface area contributed by atoms with Crippen LogP contribution in [0.3, 0.4) is 0 Å². The molecule has 1 N–H and O–H groups in total. The highest BCUT2D eigenvalue weighted by Gasteiger charge is 2.08. The van der Waals surface area contributed by atoms with E-state index in [1.54, 1.807) is 16.9 Å². The van der Waals surface area contributed by atoms with Gasteiger partial charge in [0, 0.05) is 37.0 Å². The Morgan fingerprint density at radius 2 is 2.17 bits per heavy atom. The maximum atomic E-state index is 14.0. The van der Waals surface area contributed by atoms with E-state index in [9.17, 15) is 4.39 Å². The first-order valence-corrected chi connectivity index (χ1v) is 6.07. The van der Waals surface area contributed by atoms with Gasteiger partial charge in [0.25, 0.3) is 0 Å². The minimum absolute atomic E-state index is 0.203. The monoisotopic (exact) mass is 247 g/mol. The second-order valence-corrected chi connectivity index (χ2v) is 4.75. The molecule has 0 bridgehead atoms. The molecule has 0 saturated carbocycles. The van der Waals surface area contributed by atoms with Crippen LogP contribution in [0.25, 0.3) is 11.1 Å². The lowest BCUT2D eigenvalue weighted by Gasteiger charge is -2.09. The Kier molecular flexibility index (Phi) is 3.77. The lowest BCUT2D eigenvalue weighted by Crippen LogP contribution is -2.21. The molecule has 18 heavy (non-hydrogen) atoms. The molecule has 0 aliphatic carbocycles. The zero-order valence-corrected chi connectivity index (χ0v) is 10.9. The molecule has 4 heteroatoms. The predicted octanol–water partition coefficient (Wildman–Crippen LogP) is 2.72. The number of hydrogen-bond acceptors (Lipinski definition) is 2. The van der Waals surface area contributed by atoms with Gasteiger partial charge < -0.3 is 5.32 Å². The third-order valence-corrected chi connectivity index (χ3v) is 2.76. The van der Waals surface area contributed by atoms with Crippen LogP contribution in [0.2, 0.25) is 0 Å². The Hall–Kier alpha value is -1.68. The van der Waals surface area contributed by atoms with Gasteiger partial charge in [-0.05, 0) is 11.6 Å². The molecule has 0 fully saturated rings. The summed E-state index contributed by atoms with van der Waals surface area (Å²) >= 11 is 0. The summed E-state index contributed by atoms with van der Waals surface area (Å²) in [5.74, 6) is -0.203.